The molecule has 1 heterocycles. The summed E-state index contributed by atoms with van der Waals surface area (Å²) in [5.41, 5.74) is 0.694. The minimum Gasteiger partial charge on any atom is -0.491 e. The molecule has 0 bridgehead atoms. The molecule has 0 aliphatic rings. The molecular weight excluding hydrogens is 380 g/mol. The van der Waals surface area contributed by atoms with Gasteiger partial charge in [0.25, 0.3) is 5.91 Å². The predicted molar refractivity (Wildman–Crippen MR) is 96.9 cm³/mol. The fourth-order valence-corrected chi connectivity index (χ4v) is 2.22. The molecule has 0 saturated carbocycles. The molecule has 0 radical (unpaired) electrons. The van der Waals surface area contributed by atoms with Crippen LogP contribution < -0.4 is 15.4 Å². The molecule has 1 amide bonds. The molecule has 23 heavy (non-hydrogen) atoms. The molecule has 0 fully saturated rings. The first-order valence-electron chi connectivity index (χ1n) is 7.05. The van der Waals surface area contributed by atoms with E-state index < -0.39 is 5.91 Å². The molecular formula is C16H17BrN2O3S. The Morgan fingerprint density at radius 1 is 1.30 bits per heavy atom. The SMILES string of the molecule is CC(C)COc1ccccc1NC(=S)NC(=O)c1ccc(Br)o1. The number of hydrogen-bond acceptors (Lipinski definition) is 4. The maximum absolute atomic E-state index is 12.0. The molecule has 5 nitrogen and oxygen atoms in total. The first-order valence-corrected chi connectivity index (χ1v) is 8.25. The third kappa shape index (κ3) is 5.37. The number of nitrogens with one attached hydrogen (secondary N) is 2. The van der Waals surface area contributed by atoms with Crippen molar-refractivity contribution in [1.29, 1.82) is 0 Å². The zero-order valence-corrected chi connectivity index (χ0v) is 15.2. The first kappa shape index (κ1) is 17.5. The monoisotopic (exact) mass is 396 g/mol. The largest absolute Gasteiger partial charge is 0.491 e. The van der Waals surface area contributed by atoms with Gasteiger partial charge in [0.1, 0.15) is 5.75 Å². The van der Waals surface area contributed by atoms with Crippen LogP contribution in [0.15, 0.2) is 45.5 Å². The van der Waals surface area contributed by atoms with Crippen LogP contribution in [0.3, 0.4) is 0 Å². The molecule has 1 aromatic heterocycles. The lowest BCUT2D eigenvalue weighted by atomic mass is 10.2. The smallest absolute Gasteiger partial charge is 0.293 e. The number of ether oxygens (including phenoxy) is 1. The van der Waals surface area contributed by atoms with Crippen molar-refractivity contribution in [2.24, 2.45) is 5.92 Å². The van der Waals surface area contributed by atoms with E-state index in [1.165, 1.54) is 0 Å². The summed E-state index contributed by atoms with van der Waals surface area (Å²) in [6.07, 6.45) is 0. The predicted octanol–water partition coefficient (Wildman–Crippen LogP) is 4.20. The van der Waals surface area contributed by atoms with Gasteiger partial charge in [-0.2, -0.15) is 0 Å². The van der Waals surface area contributed by atoms with Crippen LogP contribution in [0.1, 0.15) is 24.4 Å². The number of anilines is 1. The van der Waals surface area contributed by atoms with Crippen LogP contribution in [-0.2, 0) is 0 Å². The van der Waals surface area contributed by atoms with E-state index in [0.29, 0.717) is 28.6 Å². The van der Waals surface area contributed by atoms with E-state index in [2.05, 4.69) is 40.4 Å². The van der Waals surface area contributed by atoms with Crippen molar-refractivity contribution in [2.45, 2.75) is 13.8 Å². The second-order valence-corrected chi connectivity index (χ2v) is 6.40. The lowest BCUT2D eigenvalue weighted by Crippen LogP contribution is -2.34. The van der Waals surface area contributed by atoms with Crippen molar-refractivity contribution in [3.8, 4) is 5.75 Å². The fraction of sp³-hybridized carbons (Fsp3) is 0.250. The molecule has 7 heteroatoms. The highest BCUT2D eigenvalue weighted by Crippen LogP contribution is 2.24. The number of halogens is 1. The van der Waals surface area contributed by atoms with E-state index in [4.69, 9.17) is 21.4 Å². The number of carbonyl (C=O) groups is 1. The van der Waals surface area contributed by atoms with Crippen LogP contribution in [-0.4, -0.2) is 17.6 Å². The highest BCUT2D eigenvalue weighted by molar-refractivity contribution is 9.10. The Hall–Kier alpha value is -1.86. The summed E-state index contributed by atoms with van der Waals surface area (Å²) in [6, 6.07) is 10.6. The standard InChI is InChI=1S/C16H17BrN2O3S/c1-10(2)9-21-12-6-4-3-5-11(12)18-16(23)19-15(20)13-7-8-14(17)22-13/h3-8,10H,9H2,1-2H3,(H2,18,19,20,23). The Kier molecular flexibility index (Phi) is 6.18. The van der Waals surface area contributed by atoms with Crippen molar-refractivity contribution in [2.75, 3.05) is 11.9 Å². The Morgan fingerprint density at radius 2 is 2.04 bits per heavy atom. The number of benzene rings is 1. The number of para-hydroxylation sites is 2. The van der Waals surface area contributed by atoms with Gasteiger partial charge in [0.05, 0.1) is 12.3 Å². The average Bonchev–Trinajstić information content (AvgIpc) is 2.93. The van der Waals surface area contributed by atoms with Crippen LogP contribution in [0.25, 0.3) is 0 Å². The summed E-state index contributed by atoms with van der Waals surface area (Å²) in [6.45, 7) is 4.74. The van der Waals surface area contributed by atoms with Crippen LogP contribution in [0.5, 0.6) is 5.75 Å². The van der Waals surface area contributed by atoms with Crippen molar-refractivity contribution >= 4 is 44.9 Å². The number of rotatable bonds is 5. The number of carbonyl (C=O) groups excluding carboxylic acids is 1. The van der Waals surface area contributed by atoms with Crippen molar-refractivity contribution in [3.05, 3.63) is 46.8 Å². The normalized spacial score (nSPS) is 10.4. The second kappa shape index (κ2) is 8.12. The molecule has 0 saturated heterocycles. The summed E-state index contributed by atoms with van der Waals surface area (Å²) in [5, 5.41) is 5.69. The highest BCUT2D eigenvalue weighted by atomic mass is 79.9. The second-order valence-electron chi connectivity index (χ2n) is 5.21. The summed E-state index contributed by atoms with van der Waals surface area (Å²) >= 11 is 8.31. The van der Waals surface area contributed by atoms with Crippen molar-refractivity contribution in [3.63, 3.8) is 0 Å². The number of thiocarbonyl (C=S) groups is 1. The third-order valence-electron chi connectivity index (χ3n) is 2.73. The van der Waals surface area contributed by atoms with Crippen LogP contribution in [0.4, 0.5) is 5.69 Å². The van der Waals surface area contributed by atoms with Crippen LogP contribution in [0, 0.1) is 5.92 Å². The zero-order valence-electron chi connectivity index (χ0n) is 12.8. The van der Waals surface area contributed by atoms with Gasteiger partial charge in [0.2, 0.25) is 0 Å². The van der Waals surface area contributed by atoms with Gasteiger partial charge < -0.3 is 14.5 Å². The van der Waals surface area contributed by atoms with Crippen LogP contribution in [0.2, 0.25) is 0 Å². The lowest BCUT2D eigenvalue weighted by Gasteiger charge is -2.15. The Bertz CT molecular complexity index is 700. The van der Waals surface area contributed by atoms with Crippen molar-refractivity contribution < 1.29 is 13.9 Å². The quantitative estimate of drug-likeness (QED) is 0.741. The Labute approximate surface area is 148 Å². The molecule has 0 aliphatic heterocycles. The van der Waals surface area contributed by atoms with Gasteiger partial charge in [-0.25, -0.2) is 0 Å². The maximum atomic E-state index is 12.0. The molecule has 0 aliphatic carbocycles. The van der Waals surface area contributed by atoms with E-state index in [1.807, 2.05) is 24.3 Å². The van der Waals surface area contributed by atoms with E-state index >= 15 is 0 Å². The summed E-state index contributed by atoms with van der Waals surface area (Å²) in [4.78, 5) is 12.0. The van der Waals surface area contributed by atoms with Gasteiger partial charge in [0, 0.05) is 0 Å². The van der Waals surface area contributed by atoms with Gasteiger partial charge in [-0.05, 0) is 58.3 Å². The topological polar surface area (TPSA) is 63.5 Å². The Balaban J connectivity index is 1.98. The number of furan rings is 1. The highest BCUT2D eigenvalue weighted by Gasteiger charge is 2.13. The number of amides is 1. The molecule has 0 atom stereocenters. The van der Waals surface area contributed by atoms with E-state index in [-0.39, 0.29) is 10.9 Å². The molecule has 2 N–H and O–H groups in total. The summed E-state index contributed by atoms with van der Waals surface area (Å²) in [5.74, 6) is 0.838. The zero-order chi connectivity index (χ0) is 16.8. The first-order chi connectivity index (χ1) is 11.0. The van der Waals surface area contributed by atoms with Crippen molar-refractivity contribution in [1.82, 2.24) is 5.32 Å². The summed E-state index contributed by atoms with van der Waals surface area (Å²) < 4.78 is 11.4. The molecule has 0 unspecified atom stereocenters. The minimum absolute atomic E-state index is 0.170. The third-order valence-corrected chi connectivity index (χ3v) is 3.36. The van der Waals surface area contributed by atoms with Gasteiger partial charge in [-0.1, -0.05) is 26.0 Å². The maximum Gasteiger partial charge on any atom is 0.293 e. The number of hydrogen-bond donors (Lipinski definition) is 2. The lowest BCUT2D eigenvalue weighted by molar-refractivity contribution is 0.0949. The van der Waals surface area contributed by atoms with Gasteiger partial charge >= 0.3 is 0 Å². The van der Waals surface area contributed by atoms with E-state index in [1.54, 1.807) is 12.1 Å². The summed E-state index contributed by atoms with van der Waals surface area (Å²) in [7, 11) is 0. The molecule has 2 aromatic rings. The van der Waals surface area contributed by atoms with Gasteiger partial charge in [-0.3, -0.25) is 10.1 Å². The minimum atomic E-state index is -0.422. The van der Waals surface area contributed by atoms with E-state index in [0.717, 1.165) is 0 Å². The molecule has 2 rings (SSSR count). The fourth-order valence-electron chi connectivity index (χ4n) is 1.71. The molecule has 1 aromatic carbocycles. The molecule has 0 spiro atoms. The molecule has 122 valence electrons. The van der Waals surface area contributed by atoms with Gasteiger partial charge in [-0.15, -0.1) is 0 Å². The van der Waals surface area contributed by atoms with E-state index in [9.17, 15) is 4.79 Å². The van der Waals surface area contributed by atoms with Crippen LogP contribution >= 0.6 is 28.1 Å². The average molecular weight is 397 g/mol. The Morgan fingerprint density at radius 3 is 2.70 bits per heavy atom. The van der Waals surface area contributed by atoms with Gasteiger partial charge in [0.15, 0.2) is 15.5 Å².